The summed E-state index contributed by atoms with van der Waals surface area (Å²) in [5.74, 6) is -1.04. The van der Waals surface area contributed by atoms with E-state index in [1.54, 1.807) is 12.4 Å². The molecule has 0 bridgehead atoms. The molecule has 3 aromatic rings. The number of fused-ring (bicyclic) bond motifs is 3. The van der Waals surface area contributed by atoms with Gasteiger partial charge < -0.3 is 15.2 Å². The molecule has 1 aromatic heterocycles. The summed E-state index contributed by atoms with van der Waals surface area (Å²) in [5, 5.41) is 11.9. The number of aromatic nitrogens is 1. The van der Waals surface area contributed by atoms with Crippen LogP contribution in [0.25, 0.3) is 11.1 Å². The van der Waals surface area contributed by atoms with Gasteiger partial charge in [-0.25, -0.2) is 9.78 Å². The Balaban J connectivity index is 1.48. The van der Waals surface area contributed by atoms with Crippen molar-refractivity contribution in [3.8, 4) is 11.1 Å². The summed E-state index contributed by atoms with van der Waals surface area (Å²) in [7, 11) is 0. The largest absolute Gasteiger partial charge is 0.481 e. The first kappa shape index (κ1) is 19.1. The van der Waals surface area contributed by atoms with Gasteiger partial charge in [-0.2, -0.15) is 0 Å². The Morgan fingerprint density at radius 2 is 1.76 bits per heavy atom. The van der Waals surface area contributed by atoms with Gasteiger partial charge in [-0.15, -0.1) is 11.3 Å². The minimum atomic E-state index is -0.998. The van der Waals surface area contributed by atoms with Crippen molar-refractivity contribution in [1.82, 2.24) is 10.3 Å². The van der Waals surface area contributed by atoms with E-state index in [0.717, 1.165) is 27.1 Å². The van der Waals surface area contributed by atoms with E-state index >= 15 is 0 Å². The molecule has 7 heteroatoms. The fourth-order valence-corrected chi connectivity index (χ4v) is 4.67. The Morgan fingerprint density at radius 3 is 2.31 bits per heavy atom. The number of nitrogens with zero attached hydrogens (tertiary/aromatic N) is 1. The van der Waals surface area contributed by atoms with Crippen LogP contribution in [0.5, 0.6) is 0 Å². The number of amides is 1. The number of thiazole rings is 1. The summed E-state index contributed by atoms with van der Waals surface area (Å²) in [6.07, 6.45) is -0.862. The van der Waals surface area contributed by atoms with Crippen LogP contribution < -0.4 is 5.32 Å². The van der Waals surface area contributed by atoms with Gasteiger partial charge in [-0.05, 0) is 29.2 Å². The van der Waals surface area contributed by atoms with Gasteiger partial charge >= 0.3 is 12.1 Å². The molecule has 2 N–H and O–H groups in total. The normalized spacial score (nSPS) is 13.4. The van der Waals surface area contributed by atoms with Gasteiger partial charge in [-0.3, -0.25) is 4.79 Å². The third-order valence-electron chi connectivity index (χ3n) is 5.11. The molecule has 1 unspecified atom stereocenters. The molecule has 1 atom stereocenters. The molecule has 0 saturated carbocycles. The number of carbonyl (C=O) groups excluding carboxylic acids is 1. The van der Waals surface area contributed by atoms with Crippen LogP contribution >= 0.6 is 11.3 Å². The van der Waals surface area contributed by atoms with E-state index in [0.29, 0.717) is 5.69 Å². The van der Waals surface area contributed by atoms with Crippen LogP contribution in [0.15, 0.2) is 54.0 Å². The molecule has 1 heterocycles. The van der Waals surface area contributed by atoms with Gasteiger partial charge in [0.15, 0.2) is 0 Å². The maximum Gasteiger partial charge on any atom is 0.407 e. The molecule has 2 aromatic carbocycles. The zero-order valence-electron chi connectivity index (χ0n) is 15.8. The fourth-order valence-electron chi connectivity index (χ4n) is 3.81. The second-order valence-electron chi connectivity index (χ2n) is 6.92. The van der Waals surface area contributed by atoms with Crippen molar-refractivity contribution in [3.63, 3.8) is 0 Å². The van der Waals surface area contributed by atoms with Gasteiger partial charge in [0.25, 0.3) is 0 Å². The van der Waals surface area contributed by atoms with E-state index < -0.39 is 18.1 Å². The molecule has 0 spiro atoms. The quantitative estimate of drug-likeness (QED) is 0.627. The Hall–Kier alpha value is -3.19. The van der Waals surface area contributed by atoms with Crippen molar-refractivity contribution in [2.45, 2.75) is 25.3 Å². The topological polar surface area (TPSA) is 88.5 Å². The van der Waals surface area contributed by atoms with Crippen LogP contribution in [0.3, 0.4) is 0 Å². The number of hydrogen-bond acceptors (Lipinski definition) is 5. The Bertz CT molecular complexity index is 1020. The van der Waals surface area contributed by atoms with E-state index in [2.05, 4.69) is 34.6 Å². The highest BCUT2D eigenvalue weighted by atomic mass is 32.1. The zero-order valence-corrected chi connectivity index (χ0v) is 16.6. The standard InChI is InChI=1S/C22H20N2O4S/c1-13-21(29-12-23-13)19(10-20(25)26)24-22(27)28-11-18-16-8-4-2-6-14(16)15-7-3-5-9-17(15)18/h2-9,12,18-19H,10-11H2,1H3,(H,24,27)(H,25,26). The second-order valence-corrected chi connectivity index (χ2v) is 7.81. The van der Waals surface area contributed by atoms with E-state index in [1.165, 1.54) is 11.3 Å². The SMILES string of the molecule is Cc1ncsc1C(CC(=O)O)NC(=O)OCC1c2ccccc2-c2ccccc21. The summed E-state index contributed by atoms with van der Waals surface area (Å²) >= 11 is 1.32. The average Bonchev–Trinajstić information content (AvgIpc) is 3.27. The zero-order chi connectivity index (χ0) is 20.4. The average molecular weight is 408 g/mol. The lowest BCUT2D eigenvalue weighted by Gasteiger charge is -2.18. The number of rotatable bonds is 6. The van der Waals surface area contributed by atoms with E-state index in [-0.39, 0.29) is 18.9 Å². The van der Waals surface area contributed by atoms with Crippen molar-refractivity contribution >= 4 is 23.4 Å². The van der Waals surface area contributed by atoms with Crippen molar-refractivity contribution in [2.24, 2.45) is 0 Å². The molecule has 0 aliphatic heterocycles. The number of benzene rings is 2. The van der Waals surface area contributed by atoms with E-state index in [4.69, 9.17) is 4.74 Å². The molecule has 29 heavy (non-hydrogen) atoms. The van der Waals surface area contributed by atoms with Crippen LogP contribution in [-0.2, 0) is 9.53 Å². The van der Waals surface area contributed by atoms with Crippen LogP contribution in [0.1, 0.15) is 40.1 Å². The third kappa shape index (κ3) is 3.86. The number of aryl methyl sites for hydroxylation is 1. The predicted octanol–water partition coefficient (Wildman–Crippen LogP) is 4.51. The Kier molecular flexibility index (Phi) is 5.31. The molecule has 1 aliphatic rings. The predicted molar refractivity (Wildman–Crippen MR) is 110 cm³/mol. The summed E-state index contributed by atoms with van der Waals surface area (Å²) in [6, 6.07) is 15.5. The summed E-state index contributed by atoms with van der Waals surface area (Å²) < 4.78 is 5.53. The molecule has 1 aliphatic carbocycles. The van der Waals surface area contributed by atoms with Crippen LogP contribution in [0.4, 0.5) is 4.79 Å². The van der Waals surface area contributed by atoms with Gasteiger partial charge in [0.1, 0.15) is 6.61 Å². The lowest BCUT2D eigenvalue weighted by Crippen LogP contribution is -2.31. The summed E-state index contributed by atoms with van der Waals surface area (Å²) in [4.78, 5) is 28.6. The number of nitrogens with one attached hydrogen (secondary N) is 1. The van der Waals surface area contributed by atoms with Gasteiger partial charge in [-0.1, -0.05) is 48.5 Å². The number of carboxylic acid groups (broad SMARTS) is 1. The maximum absolute atomic E-state index is 12.5. The molecular formula is C22H20N2O4S. The van der Waals surface area contributed by atoms with E-state index in [1.807, 2.05) is 24.3 Å². The molecule has 4 rings (SSSR count). The van der Waals surface area contributed by atoms with Crippen molar-refractivity contribution < 1.29 is 19.4 Å². The highest BCUT2D eigenvalue weighted by Crippen LogP contribution is 2.44. The second kappa shape index (κ2) is 8.05. The Labute approximate surface area is 172 Å². The Morgan fingerprint density at radius 1 is 1.14 bits per heavy atom. The number of ether oxygens (including phenoxy) is 1. The summed E-state index contributed by atoms with van der Waals surface area (Å²) in [6.45, 7) is 1.97. The highest BCUT2D eigenvalue weighted by Gasteiger charge is 2.29. The minimum Gasteiger partial charge on any atom is -0.481 e. The minimum absolute atomic E-state index is 0.0452. The van der Waals surface area contributed by atoms with Crippen molar-refractivity contribution in [3.05, 3.63) is 75.7 Å². The first-order valence-electron chi connectivity index (χ1n) is 9.28. The molecule has 0 fully saturated rings. The van der Waals surface area contributed by atoms with Gasteiger partial charge in [0, 0.05) is 5.92 Å². The molecule has 6 nitrogen and oxygen atoms in total. The smallest absolute Gasteiger partial charge is 0.407 e. The first-order valence-corrected chi connectivity index (χ1v) is 10.2. The monoisotopic (exact) mass is 408 g/mol. The molecule has 148 valence electrons. The van der Waals surface area contributed by atoms with Crippen molar-refractivity contribution in [1.29, 1.82) is 0 Å². The highest BCUT2D eigenvalue weighted by molar-refractivity contribution is 7.09. The van der Waals surface area contributed by atoms with Crippen LogP contribution in [0, 0.1) is 6.92 Å². The number of alkyl carbamates (subject to hydrolysis) is 1. The van der Waals surface area contributed by atoms with Crippen molar-refractivity contribution in [2.75, 3.05) is 6.61 Å². The summed E-state index contributed by atoms with van der Waals surface area (Å²) in [5.41, 5.74) is 6.91. The van der Waals surface area contributed by atoms with Gasteiger partial charge in [0.05, 0.1) is 28.5 Å². The number of carbonyl (C=O) groups is 2. The van der Waals surface area contributed by atoms with Crippen LogP contribution in [0.2, 0.25) is 0 Å². The number of aliphatic carboxylic acids is 1. The molecule has 0 saturated heterocycles. The third-order valence-corrected chi connectivity index (χ3v) is 6.16. The van der Waals surface area contributed by atoms with Gasteiger partial charge in [0.2, 0.25) is 0 Å². The lowest BCUT2D eigenvalue weighted by atomic mass is 9.98. The van der Waals surface area contributed by atoms with Crippen LogP contribution in [-0.4, -0.2) is 28.8 Å². The first-order chi connectivity index (χ1) is 14.0. The fraction of sp³-hybridized carbons (Fsp3) is 0.227. The molecular weight excluding hydrogens is 388 g/mol. The number of hydrogen-bond donors (Lipinski definition) is 2. The number of carboxylic acids is 1. The molecule has 0 radical (unpaired) electrons. The van der Waals surface area contributed by atoms with E-state index in [9.17, 15) is 14.7 Å². The maximum atomic E-state index is 12.5. The molecule has 1 amide bonds. The lowest BCUT2D eigenvalue weighted by molar-refractivity contribution is -0.137.